The molecule has 0 aliphatic rings. The van der Waals surface area contributed by atoms with Crippen molar-refractivity contribution in [3.05, 3.63) is 70.9 Å². The van der Waals surface area contributed by atoms with Crippen molar-refractivity contribution in [3.8, 4) is 0 Å². The van der Waals surface area contributed by atoms with Crippen LogP contribution in [0.4, 0.5) is 14.5 Å². The second-order valence-electron chi connectivity index (χ2n) is 3.49. The van der Waals surface area contributed by atoms with E-state index < -0.39 is 11.6 Å². The van der Waals surface area contributed by atoms with Gasteiger partial charge in [-0.1, -0.05) is 6.07 Å². The molecule has 0 unspecified atom stereocenters. The molecule has 2 rings (SSSR count). The minimum atomic E-state index is -0.411. The van der Waals surface area contributed by atoms with Crippen LogP contribution in [0, 0.1) is 16.8 Å². The van der Waals surface area contributed by atoms with Gasteiger partial charge in [-0.15, -0.1) is 0 Å². The molecule has 2 aromatic rings. The zero-order valence-corrected chi connectivity index (χ0v) is 8.81. The van der Waals surface area contributed by atoms with Gasteiger partial charge >= 0.3 is 0 Å². The molecule has 2 aromatic carbocycles. The van der Waals surface area contributed by atoms with Gasteiger partial charge in [0, 0.05) is 17.7 Å². The normalized spacial score (nSPS) is 11.5. The molecule has 0 radical (unpaired) electrons. The Bertz CT molecular complexity index is 550. The summed E-state index contributed by atoms with van der Waals surface area (Å²) >= 11 is 0. The average Bonchev–Trinajstić information content (AvgIpc) is 2.29. The molecule has 0 saturated heterocycles. The molecule has 0 amide bonds. The van der Waals surface area contributed by atoms with Crippen molar-refractivity contribution in [2.24, 2.45) is 0 Å². The van der Waals surface area contributed by atoms with Crippen molar-refractivity contribution < 1.29 is 13.5 Å². The van der Waals surface area contributed by atoms with Gasteiger partial charge < -0.3 is 5.21 Å². The van der Waals surface area contributed by atoms with Gasteiger partial charge in [0.2, 0.25) is 5.69 Å². The van der Waals surface area contributed by atoms with E-state index in [2.05, 4.69) is 0 Å². The maximum Gasteiger partial charge on any atom is 0.216 e. The van der Waals surface area contributed by atoms with Gasteiger partial charge in [-0.05, 0) is 30.3 Å². The van der Waals surface area contributed by atoms with E-state index in [9.17, 15) is 14.0 Å². The van der Waals surface area contributed by atoms with Crippen molar-refractivity contribution in [1.82, 2.24) is 0 Å². The molecule has 0 heterocycles. The lowest BCUT2D eigenvalue weighted by molar-refractivity contribution is -0.354. The molecule has 0 atom stereocenters. The standard InChI is InChI=1S/C13H9F2NO/c14-11-4-6-13(7-5-11)16(17)9-10-2-1-3-12(15)8-10/h1-9H. The lowest BCUT2D eigenvalue weighted by Crippen LogP contribution is -1.99. The Hall–Kier alpha value is -2.23. The van der Waals surface area contributed by atoms with Crippen LogP contribution in [0.2, 0.25) is 0 Å². The van der Waals surface area contributed by atoms with E-state index in [1.807, 2.05) is 0 Å². The highest BCUT2D eigenvalue weighted by Crippen LogP contribution is 2.11. The Morgan fingerprint density at radius 3 is 2.29 bits per heavy atom. The van der Waals surface area contributed by atoms with Gasteiger partial charge in [-0.3, -0.25) is 0 Å². The molecule has 0 saturated carbocycles. The summed E-state index contributed by atoms with van der Waals surface area (Å²) in [5.74, 6) is -0.820. The van der Waals surface area contributed by atoms with Crippen LogP contribution in [-0.4, -0.2) is 11.0 Å². The van der Waals surface area contributed by atoms with Crippen LogP contribution in [0.3, 0.4) is 0 Å². The third-order valence-corrected chi connectivity index (χ3v) is 2.20. The van der Waals surface area contributed by atoms with Crippen molar-refractivity contribution in [3.63, 3.8) is 0 Å². The molecule has 86 valence electrons. The third-order valence-electron chi connectivity index (χ3n) is 2.20. The zero-order valence-electron chi connectivity index (χ0n) is 8.81. The van der Waals surface area contributed by atoms with E-state index in [0.29, 0.717) is 10.3 Å². The third kappa shape index (κ3) is 2.87. The predicted molar refractivity (Wildman–Crippen MR) is 61.3 cm³/mol. The van der Waals surface area contributed by atoms with Crippen LogP contribution < -0.4 is 0 Å². The van der Waals surface area contributed by atoms with Crippen molar-refractivity contribution in [2.75, 3.05) is 0 Å². The SMILES string of the molecule is [O-][N+](=Cc1cccc(F)c1)c1ccc(F)cc1. The van der Waals surface area contributed by atoms with Crippen LogP contribution in [0.5, 0.6) is 0 Å². The highest BCUT2D eigenvalue weighted by molar-refractivity contribution is 5.76. The molecular weight excluding hydrogens is 224 g/mol. The summed E-state index contributed by atoms with van der Waals surface area (Å²) in [5.41, 5.74) is 0.736. The van der Waals surface area contributed by atoms with E-state index >= 15 is 0 Å². The lowest BCUT2D eigenvalue weighted by atomic mass is 10.2. The average molecular weight is 233 g/mol. The number of nitrogens with zero attached hydrogens (tertiary/aromatic N) is 1. The molecular formula is C13H9F2NO. The van der Waals surface area contributed by atoms with Gasteiger partial charge in [0.15, 0.2) is 6.21 Å². The smallest absolute Gasteiger partial charge is 0.216 e. The summed E-state index contributed by atoms with van der Waals surface area (Å²) in [4.78, 5) is 0. The first-order chi connectivity index (χ1) is 8.15. The highest BCUT2D eigenvalue weighted by Gasteiger charge is 2.02. The number of rotatable bonds is 2. The second-order valence-corrected chi connectivity index (χ2v) is 3.49. The monoisotopic (exact) mass is 233 g/mol. The maximum absolute atomic E-state index is 12.9. The van der Waals surface area contributed by atoms with Crippen molar-refractivity contribution in [1.29, 1.82) is 0 Å². The summed E-state index contributed by atoms with van der Waals surface area (Å²) in [7, 11) is 0. The Morgan fingerprint density at radius 1 is 0.941 bits per heavy atom. The molecule has 0 fully saturated rings. The molecule has 2 nitrogen and oxygen atoms in total. The first-order valence-electron chi connectivity index (χ1n) is 4.97. The Kier molecular flexibility index (Phi) is 3.14. The molecule has 0 aliphatic carbocycles. The quantitative estimate of drug-likeness (QED) is 0.338. The topological polar surface area (TPSA) is 26.1 Å². The minimum absolute atomic E-state index is 0.288. The van der Waals surface area contributed by atoms with Gasteiger partial charge in [0.1, 0.15) is 11.6 Å². The molecule has 4 heteroatoms. The Labute approximate surface area is 97.0 Å². The van der Waals surface area contributed by atoms with Crippen LogP contribution in [0.15, 0.2) is 48.5 Å². The first kappa shape index (κ1) is 11.3. The van der Waals surface area contributed by atoms with E-state index in [1.165, 1.54) is 48.7 Å². The van der Waals surface area contributed by atoms with E-state index in [-0.39, 0.29) is 5.69 Å². The number of hydrogen-bond donors (Lipinski definition) is 0. The predicted octanol–water partition coefficient (Wildman–Crippen LogP) is 3.23. The van der Waals surface area contributed by atoms with E-state index in [4.69, 9.17) is 0 Å². The molecule has 0 aliphatic heterocycles. The molecule has 0 bridgehead atoms. The fourth-order valence-electron chi connectivity index (χ4n) is 1.38. The molecule has 0 N–H and O–H groups in total. The second kappa shape index (κ2) is 4.74. The van der Waals surface area contributed by atoms with Gasteiger partial charge in [-0.2, -0.15) is 4.74 Å². The van der Waals surface area contributed by atoms with E-state index in [0.717, 1.165) is 0 Å². The minimum Gasteiger partial charge on any atom is -0.618 e. The van der Waals surface area contributed by atoms with Crippen LogP contribution in [-0.2, 0) is 0 Å². The maximum atomic E-state index is 12.9. The fourth-order valence-corrected chi connectivity index (χ4v) is 1.38. The summed E-state index contributed by atoms with van der Waals surface area (Å²) in [5, 5.41) is 11.7. The summed E-state index contributed by atoms with van der Waals surface area (Å²) < 4.78 is 26.1. The molecule has 17 heavy (non-hydrogen) atoms. The summed E-state index contributed by atoms with van der Waals surface area (Å²) in [6.45, 7) is 0. The number of halogens is 2. The summed E-state index contributed by atoms with van der Waals surface area (Å²) in [6.07, 6.45) is 1.23. The van der Waals surface area contributed by atoms with Crippen LogP contribution in [0.25, 0.3) is 0 Å². The Balaban J connectivity index is 2.30. The largest absolute Gasteiger partial charge is 0.618 e. The number of benzene rings is 2. The Morgan fingerprint density at radius 2 is 1.65 bits per heavy atom. The van der Waals surface area contributed by atoms with E-state index in [1.54, 1.807) is 6.07 Å². The fraction of sp³-hybridized carbons (Fsp3) is 0. The van der Waals surface area contributed by atoms with Crippen molar-refractivity contribution in [2.45, 2.75) is 0 Å². The molecule has 0 aromatic heterocycles. The lowest BCUT2D eigenvalue weighted by Gasteiger charge is -2.02. The van der Waals surface area contributed by atoms with Crippen LogP contribution >= 0.6 is 0 Å². The van der Waals surface area contributed by atoms with Gasteiger partial charge in [0.25, 0.3) is 0 Å². The van der Waals surface area contributed by atoms with Gasteiger partial charge in [0.05, 0.1) is 0 Å². The van der Waals surface area contributed by atoms with Crippen molar-refractivity contribution >= 4 is 11.9 Å². The summed E-state index contributed by atoms with van der Waals surface area (Å²) in [6, 6.07) is 10.8. The first-order valence-corrected chi connectivity index (χ1v) is 4.97. The zero-order chi connectivity index (χ0) is 12.3. The highest BCUT2D eigenvalue weighted by atomic mass is 19.1. The van der Waals surface area contributed by atoms with Gasteiger partial charge in [-0.25, -0.2) is 8.78 Å². The van der Waals surface area contributed by atoms with Crippen LogP contribution in [0.1, 0.15) is 5.56 Å². The molecule has 0 spiro atoms. The number of hydrogen-bond acceptors (Lipinski definition) is 1.